The highest BCUT2D eigenvalue weighted by Crippen LogP contribution is 2.20. The molecular weight excluding hydrogens is 404 g/mol. The van der Waals surface area contributed by atoms with E-state index in [0.29, 0.717) is 44.6 Å². The summed E-state index contributed by atoms with van der Waals surface area (Å²) < 4.78 is 40.9. The van der Waals surface area contributed by atoms with Crippen LogP contribution in [0.5, 0.6) is 11.5 Å². The predicted molar refractivity (Wildman–Crippen MR) is 118 cm³/mol. The largest absolute Gasteiger partial charge is 0.491 e. The van der Waals surface area contributed by atoms with Crippen molar-refractivity contribution in [1.82, 2.24) is 10.6 Å². The second kappa shape index (κ2) is 13.4. The second-order valence-electron chi connectivity index (χ2n) is 6.79. The van der Waals surface area contributed by atoms with Crippen LogP contribution in [-0.4, -0.2) is 45.9 Å². The number of alkyl halides is 2. The monoisotopic (exact) mass is 435 g/mol. The average Bonchev–Trinajstić information content (AvgIpc) is 2.76. The molecule has 2 aromatic rings. The fourth-order valence-corrected chi connectivity index (χ4v) is 2.79. The molecule has 2 rings (SSSR count). The van der Waals surface area contributed by atoms with Crippen LogP contribution in [0, 0.1) is 6.92 Å². The van der Waals surface area contributed by atoms with Gasteiger partial charge in [-0.15, -0.1) is 0 Å². The van der Waals surface area contributed by atoms with Gasteiger partial charge in [0.2, 0.25) is 0 Å². The molecule has 0 bridgehead atoms. The van der Waals surface area contributed by atoms with E-state index in [0.717, 1.165) is 22.4 Å². The van der Waals surface area contributed by atoms with E-state index in [1.807, 2.05) is 38.1 Å². The SMILES string of the molecule is CCOCCOc1cc(C)ccc1CNC(=NC)NCc1cccc(OCC(F)F)c1. The molecule has 0 heterocycles. The van der Waals surface area contributed by atoms with Crippen LogP contribution >= 0.6 is 0 Å². The number of nitrogens with zero attached hydrogens (tertiary/aromatic N) is 1. The third-order valence-electron chi connectivity index (χ3n) is 4.32. The van der Waals surface area contributed by atoms with Gasteiger partial charge in [0.15, 0.2) is 5.96 Å². The van der Waals surface area contributed by atoms with E-state index in [9.17, 15) is 8.78 Å². The van der Waals surface area contributed by atoms with Crippen LogP contribution in [0.15, 0.2) is 47.5 Å². The van der Waals surface area contributed by atoms with Crippen molar-refractivity contribution in [3.05, 3.63) is 59.2 Å². The zero-order valence-electron chi connectivity index (χ0n) is 18.3. The van der Waals surface area contributed by atoms with E-state index in [2.05, 4.69) is 15.6 Å². The molecule has 2 N–H and O–H groups in total. The maximum Gasteiger partial charge on any atom is 0.272 e. The van der Waals surface area contributed by atoms with Crippen molar-refractivity contribution in [3.63, 3.8) is 0 Å². The first kappa shape index (κ1) is 24.4. The van der Waals surface area contributed by atoms with Gasteiger partial charge in [0.05, 0.1) is 6.61 Å². The quantitative estimate of drug-likeness (QED) is 0.301. The van der Waals surface area contributed by atoms with Gasteiger partial charge in [-0.2, -0.15) is 0 Å². The Balaban J connectivity index is 1.89. The van der Waals surface area contributed by atoms with Gasteiger partial charge in [0.25, 0.3) is 6.43 Å². The lowest BCUT2D eigenvalue weighted by molar-refractivity contribution is 0.0818. The summed E-state index contributed by atoms with van der Waals surface area (Å²) in [7, 11) is 1.69. The minimum absolute atomic E-state index is 0.413. The zero-order valence-corrected chi connectivity index (χ0v) is 18.3. The normalized spacial score (nSPS) is 11.5. The Hall–Kier alpha value is -2.87. The Morgan fingerprint density at radius 1 is 1.03 bits per heavy atom. The Kier molecular flexibility index (Phi) is 10.6. The van der Waals surface area contributed by atoms with Gasteiger partial charge in [-0.3, -0.25) is 4.99 Å². The van der Waals surface area contributed by atoms with Crippen LogP contribution in [0.25, 0.3) is 0 Å². The number of ether oxygens (including phenoxy) is 3. The summed E-state index contributed by atoms with van der Waals surface area (Å²) >= 11 is 0. The maximum absolute atomic E-state index is 12.3. The van der Waals surface area contributed by atoms with E-state index in [1.54, 1.807) is 25.2 Å². The molecule has 31 heavy (non-hydrogen) atoms. The highest BCUT2D eigenvalue weighted by molar-refractivity contribution is 5.79. The van der Waals surface area contributed by atoms with Gasteiger partial charge < -0.3 is 24.8 Å². The molecule has 2 aromatic carbocycles. The van der Waals surface area contributed by atoms with Gasteiger partial charge in [-0.05, 0) is 43.2 Å². The number of hydrogen-bond donors (Lipinski definition) is 2. The first-order valence-corrected chi connectivity index (χ1v) is 10.3. The van der Waals surface area contributed by atoms with E-state index < -0.39 is 13.0 Å². The van der Waals surface area contributed by atoms with Crippen molar-refractivity contribution in [2.24, 2.45) is 4.99 Å². The number of aryl methyl sites for hydroxylation is 1. The van der Waals surface area contributed by atoms with Crippen molar-refractivity contribution >= 4 is 5.96 Å². The summed E-state index contributed by atoms with van der Waals surface area (Å²) in [6, 6.07) is 13.1. The number of hydrogen-bond acceptors (Lipinski definition) is 4. The fraction of sp³-hybridized carbons (Fsp3) is 0.435. The smallest absolute Gasteiger partial charge is 0.272 e. The Morgan fingerprint density at radius 2 is 1.84 bits per heavy atom. The molecule has 0 radical (unpaired) electrons. The van der Waals surface area contributed by atoms with Crippen molar-refractivity contribution in [3.8, 4) is 11.5 Å². The van der Waals surface area contributed by atoms with Gasteiger partial charge in [0, 0.05) is 32.3 Å². The van der Waals surface area contributed by atoms with Crippen LogP contribution < -0.4 is 20.1 Å². The molecule has 0 amide bonds. The zero-order chi connectivity index (χ0) is 22.5. The minimum Gasteiger partial charge on any atom is -0.491 e. The molecule has 0 aliphatic heterocycles. The number of benzene rings is 2. The molecular formula is C23H31F2N3O3. The molecule has 0 atom stereocenters. The minimum atomic E-state index is -2.50. The molecule has 0 spiro atoms. The summed E-state index contributed by atoms with van der Waals surface area (Å²) in [6.45, 7) is 6.04. The number of nitrogens with one attached hydrogen (secondary N) is 2. The number of halogens is 2. The molecule has 0 unspecified atom stereocenters. The summed E-state index contributed by atoms with van der Waals surface area (Å²) in [5.41, 5.74) is 3.02. The van der Waals surface area contributed by atoms with Crippen LogP contribution in [0.1, 0.15) is 23.6 Å². The first-order valence-electron chi connectivity index (χ1n) is 10.3. The Morgan fingerprint density at radius 3 is 2.58 bits per heavy atom. The van der Waals surface area contributed by atoms with Gasteiger partial charge >= 0.3 is 0 Å². The molecule has 0 fully saturated rings. The highest BCUT2D eigenvalue weighted by Gasteiger charge is 2.07. The number of aliphatic imine (C=N–C) groups is 1. The van der Waals surface area contributed by atoms with Gasteiger partial charge in [-0.25, -0.2) is 8.78 Å². The first-order chi connectivity index (χ1) is 15.0. The molecule has 0 saturated carbocycles. The third kappa shape index (κ3) is 9.21. The summed E-state index contributed by atoms with van der Waals surface area (Å²) in [4.78, 5) is 4.24. The van der Waals surface area contributed by atoms with Crippen molar-refractivity contribution in [2.75, 3.05) is 33.5 Å². The van der Waals surface area contributed by atoms with E-state index in [4.69, 9.17) is 14.2 Å². The molecule has 170 valence electrons. The summed E-state index contributed by atoms with van der Waals surface area (Å²) in [5.74, 6) is 1.84. The topological polar surface area (TPSA) is 64.1 Å². The fourth-order valence-electron chi connectivity index (χ4n) is 2.79. The van der Waals surface area contributed by atoms with Crippen LogP contribution in [-0.2, 0) is 17.8 Å². The Bertz CT molecular complexity index is 831. The summed E-state index contributed by atoms with van der Waals surface area (Å²) in [5, 5.41) is 6.48. The van der Waals surface area contributed by atoms with Crippen molar-refractivity contribution in [1.29, 1.82) is 0 Å². The molecule has 0 aliphatic rings. The van der Waals surface area contributed by atoms with Gasteiger partial charge in [0.1, 0.15) is 24.7 Å². The standard InChI is InChI=1S/C23H31F2N3O3/c1-4-29-10-11-30-21-12-17(2)8-9-19(21)15-28-23(26-3)27-14-18-6-5-7-20(13-18)31-16-22(24)25/h5-9,12-13,22H,4,10-11,14-16H2,1-3H3,(H2,26,27,28). The predicted octanol–water partition coefficient (Wildman–Crippen LogP) is 3.92. The molecule has 6 nitrogen and oxygen atoms in total. The third-order valence-corrected chi connectivity index (χ3v) is 4.32. The molecule has 0 aliphatic carbocycles. The lowest BCUT2D eigenvalue weighted by atomic mass is 10.1. The van der Waals surface area contributed by atoms with Gasteiger partial charge in [-0.1, -0.05) is 24.3 Å². The highest BCUT2D eigenvalue weighted by atomic mass is 19.3. The van der Waals surface area contributed by atoms with Crippen LogP contribution in [0.4, 0.5) is 8.78 Å². The molecule has 8 heteroatoms. The number of rotatable bonds is 12. The average molecular weight is 436 g/mol. The van der Waals surface area contributed by atoms with Crippen molar-refractivity contribution in [2.45, 2.75) is 33.4 Å². The van der Waals surface area contributed by atoms with E-state index in [1.165, 1.54) is 0 Å². The number of guanidine groups is 1. The second-order valence-corrected chi connectivity index (χ2v) is 6.79. The van der Waals surface area contributed by atoms with E-state index in [-0.39, 0.29) is 0 Å². The lowest BCUT2D eigenvalue weighted by Crippen LogP contribution is -2.36. The lowest BCUT2D eigenvalue weighted by Gasteiger charge is -2.16. The molecule has 0 saturated heterocycles. The van der Waals surface area contributed by atoms with Crippen molar-refractivity contribution < 1.29 is 23.0 Å². The molecule has 0 aromatic heterocycles. The maximum atomic E-state index is 12.3. The summed E-state index contributed by atoms with van der Waals surface area (Å²) in [6.07, 6.45) is -2.50. The van der Waals surface area contributed by atoms with Crippen LogP contribution in [0.3, 0.4) is 0 Å². The van der Waals surface area contributed by atoms with E-state index >= 15 is 0 Å². The van der Waals surface area contributed by atoms with Crippen LogP contribution in [0.2, 0.25) is 0 Å². The Labute approximate surface area is 182 Å².